The van der Waals surface area contributed by atoms with E-state index in [1.165, 1.54) is 18.5 Å². The van der Waals surface area contributed by atoms with Crippen LogP contribution in [0, 0.1) is 0 Å². The molecule has 0 saturated carbocycles. The summed E-state index contributed by atoms with van der Waals surface area (Å²) in [4.78, 5) is 11.8. The molecule has 1 heterocycles. The van der Waals surface area contributed by atoms with Crippen LogP contribution in [0.15, 0.2) is 30.6 Å². The van der Waals surface area contributed by atoms with Crippen LogP contribution < -0.4 is 16.6 Å². The number of rotatable bonds is 3. The number of aromatic amines is 1. The van der Waals surface area contributed by atoms with E-state index in [4.69, 9.17) is 5.84 Å². The normalized spacial score (nSPS) is 11.2. The molecule has 1 aromatic carbocycles. The van der Waals surface area contributed by atoms with E-state index in [9.17, 15) is 18.0 Å². The zero-order valence-electron chi connectivity index (χ0n) is 9.95. The van der Waals surface area contributed by atoms with E-state index < -0.39 is 17.6 Å². The lowest BCUT2D eigenvalue weighted by Gasteiger charge is -2.13. The van der Waals surface area contributed by atoms with Gasteiger partial charge in [0.25, 0.3) is 5.91 Å². The first-order valence-corrected chi connectivity index (χ1v) is 5.40. The maximum Gasteiger partial charge on any atom is 0.418 e. The van der Waals surface area contributed by atoms with Gasteiger partial charge >= 0.3 is 6.18 Å². The molecule has 0 radical (unpaired) electrons. The topological polar surface area (TPSA) is 95.8 Å². The van der Waals surface area contributed by atoms with E-state index in [0.29, 0.717) is 5.69 Å². The molecule has 0 aliphatic heterocycles. The highest BCUT2D eigenvalue weighted by molar-refractivity contribution is 6.04. The third-order valence-corrected chi connectivity index (χ3v) is 2.50. The van der Waals surface area contributed by atoms with Crippen molar-refractivity contribution in [2.24, 2.45) is 5.84 Å². The summed E-state index contributed by atoms with van der Waals surface area (Å²) >= 11 is 0. The van der Waals surface area contributed by atoms with Crippen molar-refractivity contribution in [2.75, 3.05) is 10.7 Å². The maximum atomic E-state index is 12.8. The third kappa shape index (κ3) is 2.88. The fraction of sp³-hybridized carbons (Fsp3) is 0.0909. The molecule has 20 heavy (non-hydrogen) atoms. The van der Waals surface area contributed by atoms with Crippen LogP contribution in [0.25, 0.3) is 0 Å². The zero-order valence-corrected chi connectivity index (χ0v) is 9.95. The van der Waals surface area contributed by atoms with Crippen molar-refractivity contribution in [3.05, 3.63) is 41.7 Å². The van der Waals surface area contributed by atoms with Crippen molar-refractivity contribution in [1.82, 2.24) is 10.2 Å². The molecule has 0 saturated heterocycles. The van der Waals surface area contributed by atoms with Crippen molar-refractivity contribution in [1.29, 1.82) is 0 Å². The minimum atomic E-state index is -4.62. The van der Waals surface area contributed by atoms with E-state index in [1.807, 2.05) is 5.43 Å². The molecule has 0 spiro atoms. The average Bonchev–Trinajstić information content (AvgIpc) is 2.89. The number of nitrogens with zero attached hydrogens (tertiary/aromatic N) is 1. The van der Waals surface area contributed by atoms with Crippen LogP contribution in [0.4, 0.5) is 24.5 Å². The lowest BCUT2D eigenvalue weighted by molar-refractivity contribution is -0.137. The molecule has 9 heteroatoms. The standard InChI is InChI=1S/C11H10F3N5O/c12-11(13,14)8-3-6(1-2-9(8)19-15)10(20)18-7-4-16-17-5-7/h1-5,19H,15H2,(H,16,17)(H,18,20). The summed E-state index contributed by atoms with van der Waals surface area (Å²) in [5.74, 6) is 4.34. The van der Waals surface area contributed by atoms with Crippen LogP contribution in [-0.4, -0.2) is 16.1 Å². The Morgan fingerprint density at radius 1 is 1.35 bits per heavy atom. The van der Waals surface area contributed by atoms with Gasteiger partial charge in [0.15, 0.2) is 0 Å². The Balaban J connectivity index is 2.31. The summed E-state index contributed by atoms with van der Waals surface area (Å²) in [6.45, 7) is 0. The number of hydrazine groups is 1. The summed E-state index contributed by atoms with van der Waals surface area (Å²) in [6, 6.07) is 3.05. The van der Waals surface area contributed by atoms with Crippen LogP contribution in [-0.2, 0) is 6.18 Å². The Kier molecular flexibility index (Phi) is 3.61. The molecule has 5 N–H and O–H groups in total. The molecule has 2 aromatic rings. The molecule has 0 fully saturated rings. The Morgan fingerprint density at radius 2 is 2.10 bits per heavy atom. The number of nitrogens with one attached hydrogen (secondary N) is 3. The van der Waals surface area contributed by atoms with Crippen LogP contribution >= 0.6 is 0 Å². The first-order valence-electron chi connectivity index (χ1n) is 5.40. The smallest absolute Gasteiger partial charge is 0.324 e. The summed E-state index contributed by atoms with van der Waals surface area (Å²) in [5.41, 5.74) is 0.835. The molecular weight excluding hydrogens is 275 g/mol. The van der Waals surface area contributed by atoms with Crippen molar-refractivity contribution in [3.63, 3.8) is 0 Å². The number of amides is 1. The van der Waals surface area contributed by atoms with E-state index >= 15 is 0 Å². The lowest BCUT2D eigenvalue weighted by atomic mass is 10.1. The molecule has 106 valence electrons. The molecule has 6 nitrogen and oxygen atoms in total. The quantitative estimate of drug-likeness (QED) is 0.512. The highest BCUT2D eigenvalue weighted by Crippen LogP contribution is 2.35. The van der Waals surface area contributed by atoms with E-state index in [2.05, 4.69) is 15.5 Å². The largest absolute Gasteiger partial charge is 0.418 e. The van der Waals surface area contributed by atoms with Crippen LogP contribution in [0.2, 0.25) is 0 Å². The van der Waals surface area contributed by atoms with Gasteiger partial charge in [-0.15, -0.1) is 0 Å². The van der Waals surface area contributed by atoms with Crippen LogP contribution in [0.5, 0.6) is 0 Å². The van der Waals surface area contributed by atoms with Gasteiger partial charge in [0.1, 0.15) is 0 Å². The Morgan fingerprint density at radius 3 is 2.65 bits per heavy atom. The predicted octanol–water partition coefficient (Wildman–Crippen LogP) is 1.97. The van der Waals surface area contributed by atoms with Gasteiger partial charge in [-0.3, -0.25) is 15.7 Å². The fourth-order valence-electron chi connectivity index (χ4n) is 1.57. The second-order valence-electron chi connectivity index (χ2n) is 3.84. The monoisotopic (exact) mass is 285 g/mol. The number of anilines is 2. The highest BCUT2D eigenvalue weighted by Gasteiger charge is 2.34. The number of alkyl halides is 3. The first-order chi connectivity index (χ1) is 9.41. The molecule has 0 aliphatic carbocycles. The van der Waals surface area contributed by atoms with Gasteiger partial charge in [-0.2, -0.15) is 18.3 Å². The molecular formula is C11H10F3N5O. The van der Waals surface area contributed by atoms with Crippen LogP contribution in [0.3, 0.4) is 0 Å². The number of nitrogens with two attached hydrogens (primary N) is 1. The van der Waals surface area contributed by atoms with Gasteiger partial charge < -0.3 is 10.7 Å². The van der Waals surface area contributed by atoms with Gasteiger partial charge in [-0.25, -0.2) is 0 Å². The first kappa shape index (κ1) is 13.9. The van der Waals surface area contributed by atoms with Gasteiger partial charge in [0, 0.05) is 11.8 Å². The number of H-pyrrole nitrogens is 1. The third-order valence-electron chi connectivity index (χ3n) is 2.50. The zero-order chi connectivity index (χ0) is 14.8. The van der Waals surface area contributed by atoms with E-state index in [0.717, 1.165) is 12.1 Å². The van der Waals surface area contributed by atoms with Crippen molar-refractivity contribution < 1.29 is 18.0 Å². The minimum Gasteiger partial charge on any atom is -0.324 e. The Labute approximate surface area is 111 Å². The van der Waals surface area contributed by atoms with Gasteiger partial charge in [0.2, 0.25) is 0 Å². The van der Waals surface area contributed by atoms with Crippen molar-refractivity contribution in [3.8, 4) is 0 Å². The summed E-state index contributed by atoms with van der Waals surface area (Å²) in [7, 11) is 0. The number of carbonyl (C=O) groups excluding carboxylic acids is 1. The highest BCUT2D eigenvalue weighted by atomic mass is 19.4. The number of hydrogen-bond acceptors (Lipinski definition) is 4. The number of aromatic nitrogens is 2. The Bertz CT molecular complexity index is 609. The molecule has 0 atom stereocenters. The fourth-order valence-corrected chi connectivity index (χ4v) is 1.57. The second-order valence-corrected chi connectivity index (χ2v) is 3.84. The molecule has 1 aromatic heterocycles. The van der Waals surface area contributed by atoms with E-state index in [-0.39, 0.29) is 11.3 Å². The Hall–Kier alpha value is -2.55. The molecule has 0 bridgehead atoms. The number of carbonyl (C=O) groups is 1. The number of nitrogen functional groups attached to an aromatic ring is 1. The number of halogens is 3. The molecule has 0 aliphatic rings. The van der Waals surface area contributed by atoms with Crippen molar-refractivity contribution >= 4 is 17.3 Å². The van der Waals surface area contributed by atoms with Crippen molar-refractivity contribution in [2.45, 2.75) is 6.18 Å². The average molecular weight is 285 g/mol. The number of hydrogen-bond donors (Lipinski definition) is 4. The maximum absolute atomic E-state index is 12.8. The van der Waals surface area contributed by atoms with E-state index in [1.54, 1.807) is 0 Å². The molecule has 2 rings (SSSR count). The lowest BCUT2D eigenvalue weighted by Crippen LogP contribution is -2.17. The predicted molar refractivity (Wildman–Crippen MR) is 65.8 cm³/mol. The minimum absolute atomic E-state index is 0.141. The number of benzene rings is 1. The van der Waals surface area contributed by atoms with Gasteiger partial charge in [0.05, 0.1) is 23.1 Å². The van der Waals surface area contributed by atoms with Crippen LogP contribution in [0.1, 0.15) is 15.9 Å². The SMILES string of the molecule is NNc1ccc(C(=O)Nc2cn[nH]c2)cc1C(F)(F)F. The molecule has 1 amide bonds. The van der Waals surface area contributed by atoms with Gasteiger partial charge in [-0.05, 0) is 18.2 Å². The second kappa shape index (κ2) is 5.21. The van der Waals surface area contributed by atoms with Gasteiger partial charge in [-0.1, -0.05) is 0 Å². The molecule has 0 unspecified atom stereocenters. The summed E-state index contributed by atoms with van der Waals surface area (Å²) in [6.07, 6.45) is -1.88. The summed E-state index contributed by atoms with van der Waals surface area (Å²) < 4.78 is 38.4. The summed E-state index contributed by atoms with van der Waals surface area (Å²) in [5, 5.41) is 8.48.